The molecular formula is C26H31N3OS. The van der Waals surface area contributed by atoms with Gasteiger partial charge in [-0.2, -0.15) is 5.10 Å². The molecule has 31 heavy (non-hydrogen) atoms. The zero-order valence-corrected chi connectivity index (χ0v) is 20.1. The van der Waals surface area contributed by atoms with Gasteiger partial charge in [-0.3, -0.25) is 4.79 Å². The van der Waals surface area contributed by atoms with E-state index in [9.17, 15) is 4.79 Å². The maximum absolute atomic E-state index is 12.2. The molecule has 5 heteroatoms. The van der Waals surface area contributed by atoms with Gasteiger partial charge in [0.15, 0.2) is 0 Å². The molecule has 0 saturated heterocycles. The number of aromatic nitrogens is 1. The summed E-state index contributed by atoms with van der Waals surface area (Å²) in [5.41, 5.74) is 13.3. The van der Waals surface area contributed by atoms with Crippen LogP contribution in [0.1, 0.15) is 44.8 Å². The Labute approximate surface area is 189 Å². The van der Waals surface area contributed by atoms with Gasteiger partial charge in [0, 0.05) is 28.4 Å². The van der Waals surface area contributed by atoms with Crippen molar-refractivity contribution in [3.63, 3.8) is 0 Å². The summed E-state index contributed by atoms with van der Waals surface area (Å²) in [5, 5.41) is 4.19. The molecule has 4 nitrogen and oxygen atoms in total. The molecule has 2 aromatic carbocycles. The number of benzene rings is 2. The van der Waals surface area contributed by atoms with Gasteiger partial charge in [0.05, 0.1) is 12.0 Å². The second-order valence-electron chi connectivity index (χ2n) is 8.29. The molecule has 162 valence electrons. The van der Waals surface area contributed by atoms with Crippen LogP contribution < -0.4 is 5.43 Å². The molecule has 1 heterocycles. The molecule has 0 bridgehead atoms. The Morgan fingerprint density at radius 2 is 1.48 bits per heavy atom. The predicted molar refractivity (Wildman–Crippen MR) is 133 cm³/mol. The standard InChI is InChI=1S/C26H31N3OS/c1-17-7-18(2)10-23(9-17)15-31-16-26(30)28-27-14-24-13-21(5)29(22(24)6)25-11-19(3)8-20(4)12-25/h7-14H,15-16H2,1-6H3,(H,28,30)/b27-14+. The van der Waals surface area contributed by atoms with Crippen LogP contribution in [0.25, 0.3) is 5.69 Å². The molecular weight excluding hydrogens is 402 g/mol. The predicted octanol–water partition coefficient (Wildman–Crippen LogP) is 5.71. The molecule has 0 aliphatic carbocycles. The number of hydrazone groups is 1. The first-order chi connectivity index (χ1) is 14.7. The van der Waals surface area contributed by atoms with Gasteiger partial charge >= 0.3 is 0 Å². The van der Waals surface area contributed by atoms with E-state index in [0.29, 0.717) is 5.75 Å². The molecule has 0 aliphatic rings. The minimum atomic E-state index is -0.0891. The SMILES string of the molecule is Cc1cc(C)cc(CSCC(=O)N/N=C/c2cc(C)n(-c3cc(C)cc(C)c3)c2C)c1. The van der Waals surface area contributed by atoms with Crippen molar-refractivity contribution in [2.24, 2.45) is 5.10 Å². The molecule has 0 radical (unpaired) electrons. The number of rotatable bonds is 7. The summed E-state index contributed by atoms with van der Waals surface area (Å²) in [4.78, 5) is 12.2. The van der Waals surface area contributed by atoms with Crippen LogP contribution in [0.15, 0.2) is 47.6 Å². The monoisotopic (exact) mass is 433 g/mol. The van der Waals surface area contributed by atoms with Crippen molar-refractivity contribution < 1.29 is 4.79 Å². The van der Waals surface area contributed by atoms with Crippen LogP contribution in [0.3, 0.4) is 0 Å². The summed E-state index contributed by atoms with van der Waals surface area (Å²) in [6, 6.07) is 15.1. The van der Waals surface area contributed by atoms with E-state index >= 15 is 0 Å². The summed E-state index contributed by atoms with van der Waals surface area (Å²) < 4.78 is 2.23. The first-order valence-electron chi connectivity index (χ1n) is 10.5. The number of nitrogens with zero attached hydrogens (tertiary/aromatic N) is 2. The lowest BCUT2D eigenvalue weighted by Gasteiger charge is -2.11. The largest absolute Gasteiger partial charge is 0.318 e. The van der Waals surface area contributed by atoms with Crippen molar-refractivity contribution in [3.05, 3.63) is 87.2 Å². The third-order valence-corrected chi connectivity index (χ3v) is 6.11. The first kappa shape index (κ1) is 22.9. The van der Waals surface area contributed by atoms with E-state index in [1.54, 1.807) is 18.0 Å². The van der Waals surface area contributed by atoms with Gasteiger partial charge in [0.2, 0.25) is 5.91 Å². The van der Waals surface area contributed by atoms with Crippen molar-refractivity contribution >= 4 is 23.9 Å². The Kier molecular flexibility index (Phi) is 7.39. The number of thioether (sulfide) groups is 1. The van der Waals surface area contributed by atoms with E-state index in [4.69, 9.17) is 0 Å². The number of hydrogen-bond donors (Lipinski definition) is 1. The zero-order valence-electron chi connectivity index (χ0n) is 19.2. The van der Waals surface area contributed by atoms with E-state index in [1.807, 2.05) is 0 Å². The van der Waals surface area contributed by atoms with Crippen molar-refractivity contribution in [1.82, 2.24) is 9.99 Å². The minimum absolute atomic E-state index is 0.0891. The lowest BCUT2D eigenvalue weighted by molar-refractivity contribution is -0.118. The summed E-state index contributed by atoms with van der Waals surface area (Å²) in [6.45, 7) is 12.6. The fourth-order valence-corrected chi connectivity index (χ4v) is 4.77. The van der Waals surface area contributed by atoms with Crippen LogP contribution in [-0.2, 0) is 10.5 Å². The van der Waals surface area contributed by atoms with Gasteiger partial charge in [0.1, 0.15) is 0 Å². The number of aryl methyl sites for hydroxylation is 5. The number of carbonyl (C=O) groups is 1. The summed E-state index contributed by atoms with van der Waals surface area (Å²) >= 11 is 1.60. The Balaban J connectivity index is 1.59. The lowest BCUT2D eigenvalue weighted by atomic mass is 10.1. The topological polar surface area (TPSA) is 46.4 Å². The van der Waals surface area contributed by atoms with E-state index in [-0.39, 0.29) is 5.91 Å². The molecule has 0 spiro atoms. The van der Waals surface area contributed by atoms with Crippen molar-refractivity contribution in [2.75, 3.05) is 5.75 Å². The Morgan fingerprint density at radius 3 is 2.10 bits per heavy atom. The highest BCUT2D eigenvalue weighted by molar-refractivity contribution is 7.99. The van der Waals surface area contributed by atoms with Gasteiger partial charge in [-0.05, 0) is 76.4 Å². The summed E-state index contributed by atoms with van der Waals surface area (Å²) in [7, 11) is 0. The minimum Gasteiger partial charge on any atom is -0.318 e. The Morgan fingerprint density at radius 1 is 0.903 bits per heavy atom. The van der Waals surface area contributed by atoms with E-state index in [0.717, 1.165) is 28.4 Å². The quantitative estimate of drug-likeness (QED) is 0.383. The highest BCUT2D eigenvalue weighted by Gasteiger charge is 2.10. The molecule has 1 amide bonds. The fraction of sp³-hybridized carbons (Fsp3) is 0.308. The average Bonchev–Trinajstić information content (AvgIpc) is 2.93. The van der Waals surface area contributed by atoms with Gasteiger partial charge in [-0.1, -0.05) is 35.4 Å². The molecule has 0 atom stereocenters. The molecule has 1 N–H and O–H groups in total. The van der Waals surface area contributed by atoms with Gasteiger partial charge in [-0.25, -0.2) is 5.43 Å². The zero-order chi connectivity index (χ0) is 22.5. The van der Waals surface area contributed by atoms with Gasteiger partial charge in [0.25, 0.3) is 0 Å². The number of amides is 1. The van der Waals surface area contributed by atoms with Crippen LogP contribution in [-0.4, -0.2) is 22.4 Å². The molecule has 0 aliphatic heterocycles. The summed E-state index contributed by atoms with van der Waals surface area (Å²) in [6.07, 6.45) is 1.73. The molecule has 1 aromatic heterocycles. The molecule has 0 fully saturated rings. The maximum atomic E-state index is 12.2. The highest BCUT2D eigenvalue weighted by atomic mass is 32.2. The van der Waals surface area contributed by atoms with E-state index < -0.39 is 0 Å². The van der Waals surface area contributed by atoms with Crippen LogP contribution in [0, 0.1) is 41.5 Å². The van der Waals surface area contributed by atoms with Crippen LogP contribution in [0.4, 0.5) is 0 Å². The van der Waals surface area contributed by atoms with Crippen LogP contribution in [0.5, 0.6) is 0 Å². The third kappa shape index (κ3) is 6.11. The first-order valence-corrected chi connectivity index (χ1v) is 11.6. The second-order valence-corrected chi connectivity index (χ2v) is 9.28. The van der Waals surface area contributed by atoms with Crippen LogP contribution >= 0.6 is 11.8 Å². The number of carbonyl (C=O) groups excluding carboxylic acids is 1. The maximum Gasteiger partial charge on any atom is 0.250 e. The van der Waals surface area contributed by atoms with Gasteiger partial charge < -0.3 is 4.57 Å². The fourth-order valence-electron chi connectivity index (χ4n) is 4.02. The molecule has 3 rings (SSSR count). The average molecular weight is 434 g/mol. The second kappa shape index (κ2) is 10.0. The Bertz CT molecular complexity index is 1090. The number of nitrogens with one attached hydrogen (secondary N) is 1. The lowest BCUT2D eigenvalue weighted by Crippen LogP contribution is -2.19. The van der Waals surface area contributed by atoms with Crippen LogP contribution in [0.2, 0.25) is 0 Å². The Hall–Kier alpha value is -2.79. The number of hydrogen-bond acceptors (Lipinski definition) is 3. The van der Waals surface area contributed by atoms with E-state index in [2.05, 4.69) is 99.1 Å². The van der Waals surface area contributed by atoms with E-state index in [1.165, 1.54) is 27.8 Å². The van der Waals surface area contributed by atoms with Crippen molar-refractivity contribution in [3.8, 4) is 5.69 Å². The molecule has 3 aromatic rings. The highest BCUT2D eigenvalue weighted by Crippen LogP contribution is 2.22. The summed E-state index contributed by atoms with van der Waals surface area (Å²) in [5.74, 6) is 1.11. The van der Waals surface area contributed by atoms with Gasteiger partial charge in [-0.15, -0.1) is 11.8 Å². The third-order valence-electron chi connectivity index (χ3n) is 5.11. The molecule has 0 unspecified atom stereocenters. The normalized spacial score (nSPS) is 11.3. The smallest absolute Gasteiger partial charge is 0.250 e. The molecule has 0 saturated carbocycles. The van der Waals surface area contributed by atoms with Crippen molar-refractivity contribution in [1.29, 1.82) is 0 Å². The van der Waals surface area contributed by atoms with Crippen molar-refractivity contribution in [2.45, 2.75) is 47.3 Å².